The molecule has 0 atom stereocenters. The lowest BCUT2D eigenvalue weighted by Gasteiger charge is -2.16. The van der Waals surface area contributed by atoms with Crippen LogP contribution in [0.5, 0.6) is 11.5 Å². The third-order valence-corrected chi connectivity index (χ3v) is 5.11. The number of nitrogens with one attached hydrogen (secondary N) is 2. The van der Waals surface area contributed by atoms with Gasteiger partial charge in [0.25, 0.3) is 0 Å². The summed E-state index contributed by atoms with van der Waals surface area (Å²) in [7, 11) is 0. The molecule has 3 rings (SSSR count). The number of carbonyl (C=O) groups is 1. The van der Waals surface area contributed by atoms with E-state index in [2.05, 4.69) is 10.6 Å². The van der Waals surface area contributed by atoms with Gasteiger partial charge in [-0.3, -0.25) is 4.79 Å². The van der Waals surface area contributed by atoms with E-state index in [0.29, 0.717) is 48.6 Å². The zero-order chi connectivity index (χ0) is 23.6. The van der Waals surface area contributed by atoms with Gasteiger partial charge in [-0.05, 0) is 54.3 Å². The van der Waals surface area contributed by atoms with Crippen molar-refractivity contribution in [1.82, 2.24) is 0 Å². The Morgan fingerprint density at radius 1 is 0.939 bits per heavy atom. The van der Waals surface area contributed by atoms with Crippen molar-refractivity contribution in [3.8, 4) is 11.5 Å². The molecule has 0 saturated heterocycles. The van der Waals surface area contributed by atoms with Crippen LogP contribution in [-0.2, 0) is 17.9 Å². The van der Waals surface area contributed by atoms with Gasteiger partial charge in [0.15, 0.2) is 11.5 Å². The fourth-order valence-electron chi connectivity index (χ4n) is 3.35. The smallest absolute Gasteiger partial charge is 0.224 e. The van der Waals surface area contributed by atoms with Crippen LogP contribution >= 0.6 is 11.6 Å². The molecular formula is C27H31ClN2O3. The molecular weight excluding hydrogens is 436 g/mol. The van der Waals surface area contributed by atoms with Gasteiger partial charge in [-0.15, -0.1) is 0 Å². The van der Waals surface area contributed by atoms with Crippen molar-refractivity contribution < 1.29 is 14.3 Å². The minimum Gasteiger partial charge on any atom is -0.490 e. The van der Waals surface area contributed by atoms with Crippen molar-refractivity contribution >= 4 is 28.9 Å². The van der Waals surface area contributed by atoms with E-state index >= 15 is 0 Å². The summed E-state index contributed by atoms with van der Waals surface area (Å²) in [5, 5.41) is 6.83. The summed E-state index contributed by atoms with van der Waals surface area (Å²) in [6.45, 7) is 7.44. The van der Waals surface area contributed by atoms with Gasteiger partial charge < -0.3 is 20.1 Å². The fourth-order valence-corrected chi connectivity index (χ4v) is 3.64. The maximum Gasteiger partial charge on any atom is 0.224 e. The van der Waals surface area contributed by atoms with E-state index in [1.165, 1.54) is 0 Å². The first kappa shape index (κ1) is 24.5. The van der Waals surface area contributed by atoms with Crippen LogP contribution in [0, 0.1) is 5.92 Å². The van der Waals surface area contributed by atoms with Crippen LogP contribution in [0.4, 0.5) is 11.4 Å². The van der Waals surface area contributed by atoms with Crippen molar-refractivity contribution in [3.63, 3.8) is 0 Å². The second-order valence-electron chi connectivity index (χ2n) is 8.19. The zero-order valence-electron chi connectivity index (χ0n) is 19.4. The molecule has 3 aromatic rings. The molecule has 0 aliphatic rings. The van der Waals surface area contributed by atoms with Crippen molar-refractivity contribution in [2.75, 3.05) is 17.2 Å². The van der Waals surface area contributed by atoms with Crippen LogP contribution in [0.25, 0.3) is 0 Å². The fraction of sp³-hybridized carbons (Fsp3) is 0.296. The lowest BCUT2D eigenvalue weighted by atomic mass is 10.1. The summed E-state index contributed by atoms with van der Waals surface area (Å²) in [6.07, 6.45) is 0.495. The molecule has 33 heavy (non-hydrogen) atoms. The maximum absolute atomic E-state index is 12.1. The van der Waals surface area contributed by atoms with E-state index in [9.17, 15) is 4.79 Å². The second kappa shape index (κ2) is 12.2. The largest absolute Gasteiger partial charge is 0.490 e. The van der Waals surface area contributed by atoms with Crippen LogP contribution < -0.4 is 20.1 Å². The molecule has 0 aliphatic carbocycles. The Morgan fingerprint density at radius 3 is 2.42 bits per heavy atom. The summed E-state index contributed by atoms with van der Waals surface area (Å²) in [6, 6.07) is 21.4. The minimum absolute atomic E-state index is 0.0152. The second-order valence-corrected chi connectivity index (χ2v) is 8.60. The zero-order valence-corrected chi connectivity index (χ0v) is 20.1. The Morgan fingerprint density at radius 2 is 1.70 bits per heavy atom. The molecule has 0 radical (unpaired) electrons. The van der Waals surface area contributed by atoms with Crippen molar-refractivity contribution in [1.29, 1.82) is 0 Å². The first-order valence-electron chi connectivity index (χ1n) is 11.2. The van der Waals surface area contributed by atoms with Gasteiger partial charge in [0, 0.05) is 24.3 Å². The number of benzene rings is 3. The van der Waals surface area contributed by atoms with Crippen molar-refractivity contribution in [3.05, 3.63) is 82.9 Å². The Balaban J connectivity index is 1.67. The number of rotatable bonds is 11. The minimum atomic E-state index is 0.0152. The van der Waals surface area contributed by atoms with E-state index in [0.717, 1.165) is 22.5 Å². The normalized spacial score (nSPS) is 10.7. The number of halogens is 1. The maximum atomic E-state index is 12.1. The molecule has 0 aliphatic heterocycles. The first-order chi connectivity index (χ1) is 15.9. The molecule has 0 bridgehead atoms. The predicted molar refractivity (Wildman–Crippen MR) is 135 cm³/mol. The quantitative estimate of drug-likeness (QED) is 0.322. The topological polar surface area (TPSA) is 59.6 Å². The van der Waals surface area contributed by atoms with Crippen LogP contribution in [0.2, 0.25) is 5.02 Å². The summed E-state index contributed by atoms with van der Waals surface area (Å²) in [5.74, 6) is 1.49. The Bertz CT molecular complexity index is 1050. The number of carbonyl (C=O) groups excluding carboxylic acids is 1. The van der Waals surface area contributed by atoms with Crippen LogP contribution in [0.15, 0.2) is 66.7 Å². The third kappa shape index (κ3) is 7.72. The molecule has 0 unspecified atom stereocenters. The molecule has 6 heteroatoms. The molecule has 0 saturated carbocycles. The molecule has 5 nitrogen and oxygen atoms in total. The van der Waals surface area contributed by atoms with Crippen LogP contribution in [0.1, 0.15) is 38.3 Å². The van der Waals surface area contributed by atoms with Gasteiger partial charge in [0.2, 0.25) is 5.91 Å². The van der Waals surface area contributed by atoms with E-state index < -0.39 is 0 Å². The van der Waals surface area contributed by atoms with Crippen molar-refractivity contribution in [2.45, 2.75) is 40.3 Å². The SMILES string of the molecule is CCOc1cc(CNc2cccc(NC(=O)CC(C)C)c2)cc(Cl)c1OCc1ccccc1. The highest BCUT2D eigenvalue weighted by Crippen LogP contribution is 2.37. The molecule has 3 aromatic carbocycles. The van der Waals surface area contributed by atoms with Gasteiger partial charge in [-0.1, -0.05) is 61.8 Å². The molecule has 0 heterocycles. The highest BCUT2D eigenvalue weighted by Gasteiger charge is 2.13. The highest BCUT2D eigenvalue weighted by atomic mass is 35.5. The third-order valence-electron chi connectivity index (χ3n) is 4.83. The summed E-state index contributed by atoms with van der Waals surface area (Å²) in [4.78, 5) is 12.1. The van der Waals surface area contributed by atoms with E-state index in [1.807, 2.05) is 87.5 Å². The summed E-state index contributed by atoms with van der Waals surface area (Å²) >= 11 is 6.56. The molecule has 2 N–H and O–H groups in total. The average molecular weight is 467 g/mol. The molecule has 0 spiro atoms. The summed E-state index contributed by atoms with van der Waals surface area (Å²) < 4.78 is 11.8. The molecule has 174 valence electrons. The Labute approximate surface area is 201 Å². The number of hydrogen-bond donors (Lipinski definition) is 2. The summed E-state index contributed by atoms with van der Waals surface area (Å²) in [5.41, 5.74) is 3.69. The van der Waals surface area contributed by atoms with Crippen molar-refractivity contribution in [2.24, 2.45) is 5.92 Å². The van der Waals surface area contributed by atoms with Gasteiger partial charge in [-0.25, -0.2) is 0 Å². The molecule has 0 fully saturated rings. The standard InChI is InChI=1S/C27H31ClN2O3/c1-4-32-25-15-21(14-24(28)27(25)33-18-20-9-6-5-7-10-20)17-29-22-11-8-12-23(16-22)30-26(31)13-19(2)3/h5-12,14-16,19,29H,4,13,17-18H2,1-3H3,(H,30,31). The molecule has 1 amide bonds. The first-order valence-corrected chi connectivity index (χ1v) is 11.6. The number of amides is 1. The predicted octanol–water partition coefficient (Wildman–Crippen LogP) is 6.91. The monoisotopic (exact) mass is 466 g/mol. The van der Waals surface area contributed by atoms with E-state index in [1.54, 1.807) is 0 Å². The number of ether oxygens (including phenoxy) is 2. The average Bonchev–Trinajstić information content (AvgIpc) is 2.78. The lowest BCUT2D eigenvalue weighted by molar-refractivity contribution is -0.116. The molecule has 0 aromatic heterocycles. The van der Waals surface area contributed by atoms with Gasteiger partial charge in [0.1, 0.15) is 6.61 Å². The van der Waals surface area contributed by atoms with Crippen LogP contribution in [0.3, 0.4) is 0 Å². The van der Waals surface area contributed by atoms with E-state index in [4.69, 9.17) is 21.1 Å². The number of anilines is 2. The van der Waals surface area contributed by atoms with E-state index in [-0.39, 0.29) is 5.91 Å². The van der Waals surface area contributed by atoms with Gasteiger partial charge in [0.05, 0.1) is 11.6 Å². The van der Waals surface area contributed by atoms with Gasteiger partial charge in [-0.2, -0.15) is 0 Å². The highest BCUT2D eigenvalue weighted by molar-refractivity contribution is 6.32. The van der Waals surface area contributed by atoms with Gasteiger partial charge >= 0.3 is 0 Å². The van der Waals surface area contributed by atoms with Crippen LogP contribution in [-0.4, -0.2) is 12.5 Å². The number of hydrogen-bond acceptors (Lipinski definition) is 4. The Kier molecular flexibility index (Phi) is 9.02. The Hall–Kier alpha value is -3.18. The lowest BCUT2D eigenvalue weighted by Crippen LogP contribution is -2.13.